The van der Waals surface area contributed by atoms with Gasteiger partial charge in [0.1, 0.15) is 11.8 Å². The van der Waals surface area contributed by atoms with Gasteiger partial charge in [-0.1, -0.05) is 0 Å². The average molecular weight is 278 g/mol. The van der Waals surface area contributed by atoms with Crippen molar-refractivity contribution in [3.05, 3.63) is 18.5 Å². The molecule has 0 bridgehead atoms. The number of hydrogen-bond donors (Lipinski definition) is 1. The van der Waals surface area contributed by atoms with Crippen molar-refractivity contribution in [2.75, 3.05) is 18.6 Å². The van der Waals surface area contributed by atoms with E-state index in [-0.39, 0.29) is 25.0 Å². The zero-order valence-electron chi connectivity index (χ0n) is 11.0. The van der Waals surface area contributed by atoms with Gasteiger partial charge in [-0.05, 0) is 6.07 Å². The van der Waals surface area contributed by atoms with Gasteiger partial charge in [0.25, 0.3) is 0 Å². The highest BCUT2D eigenvalue weighted by Gasteiger charge is 2.35. The van der Waals surface area contributed by atoms with Crippen molar-refractivity contribution < 1.29 is 13.9 Å². The molecule has 1 fully saturated rings. The van der Waals surface area contributed by atoms with Gasteiger partial charge in [-0.2, -0.15) is 4.98 Å². The van der Waals surface area contributed by atoms with Crippen molar-refractivity contribution >= 4 is 23.0 Å². The van der Waals surface area contributed by atoms with Gasteiger partial charge in [-0.15, -0.1) is 0 Å². The SMILES string of the molecule is COC(=O)C[C@@H]1C[C@H](F)CN1c1ncc2cc[nH]c2n1. The number of alkyl halides is 1. The molecule has 2 aromatic heterocycles. The summed E-state index contributed by atoms with van der Waals surface area (Å²) in [6.07, 6.45) is 2.92. The standard InChI is InChI=1S/C13H15FN4O2/c1-20-11(19)5-10-4-9(14)7-18(10)13-16-6-8-2-3-15-12(8)17-13/h2-3,6,9-10H,4-5,7H2,1H3,(H,15,16,17)/t9-,10-/m0/s1. The minimum absolute atomic E-state index is 0.142. The van der Waals surface area contributed by atoms with E-state index in [1.807, 2.05) is 6.07 Å². The Kier molecular flexibility index (Phi) is 3.25. The molecule has 3 rings (SSSR count). The highest BCUT2D eigenvalue weighted by molar-refractivity contribution is 5.75. The summed E-state index contributed by atoms with van der Waals surface area (Å²) in [6, 6.07) is 1.61. The number of aromatic nitrogens is 3. The predicted octanol–water partition coefficient (Wildman–Crippen LogP) is 1.44. The second-order valence-corrected chi connectivity index (χ2v) is 4.87. The van der Waals surface area contributed by atoms with Crippen LogP contribution in [0.5, 0.6) is 0 Å². The van der Waals surface area contributed by atoms with Crippen LogP contribution in [0.4, 0.5) is 10.3 Å². The first-order chi connectivity index (χ1) is 9.67. The van der Waals surface area contributed by atoms with Crippen LogP contribution in [0.15, 0.2) is 18.5 Å². The minimum Gasteiger partial charge on any atom is -0.469 e. The maximum absolute atomic E-state index is 13.7. The number of nitrogens with one attached hydrogen (secondary N) is 1. The fourth-order valence-electron chi connectivity index (χ4n) is 2.54. The van der Waals surface area contributed by atoms with Gasteiger partial charge >= 0.3 is 5.97 Å². The Bertz CT molecular complexity index is 630. The van der Waals surface area contributed by atoms with Crippen LogP contribution in [0.1, 0.15) is 12.8 Å². The summed E-state index contributed by atoms with van der Waals surface area (Å²) in [4.78, 5) is 24.8. The van der Waals surface area contributed by atoms with Crippen LogP contribution in [0.25, 0.3) is 11.0 Å². The molecule has 0 saturated carbocycles. The lowest BCUT2D eigenvalue weighted by molar-refractivity contribution is -0.140. The minimum atomic E-state index is -0.979. The number of rotatable bonds is 3. The summed E-state index contributed by atoms with van der Waals surface area (Å²) in [5, 5.41) is 0.897. The van der Waals surface area contributed by atoms with Crippen LogP contribution in [-0.4, -0.2) is 46.8 Å². The number of ether oxygens (including phenoxy) is 1. The Morgan fingerprint density at radius 3 is 3.30 bits per heavy atom. The smallest absolute Gasteiger partial charge is 0.307 e. The van der Waals surface area contributed by atoms with Crippen molar-refractivity contribution in [1.82, 2.24) is 15.0 Å². The Morgan fingerprint density at radius 1 is 1.65 bits per heavy atom. The Balaban J connectivity index is 1.87. The van der Waals surface area contributed by atoms with E-state index in [9.17, 15) is 9.18 Å². The number of hydrogen-bond acceptors (Lipinski definition) is 5. The number of esters is 1. The molecule has 2 aromatic rings. The predicted molar refractivity (Wildman–Crippen MR) is 71.2 cm³/mol. The number of carbonyl (C=O) groups excluding carboxylic acids is 1. The third-order valence-corrected chi connectivity index (χ3v) is 3.54. The summed E-state index contributed by atoms with van der Waals surface area (Å²) in [5.74, 6) is 0.0871. The fraction of sp³-hybridized carbons (Fsp3) is 0.462. The van der Waals surface area contributed by atoms with E-state index in [1.165, 1.54) is 7.11 Å². The van der Waals surface area contributed by atoms with Crippen molar-refractivity contribution in [1.29, 1.82) is 0 Å². The van der Waals surface area contributed by atoms with Crippen molar-refractivity contribution in [3.8, 4) is 0 Å². The number of nitrogens with zero attached hydrogens (tertiary/aromatic N) is 3. The molecule has 1 aliphatic rings. The van der Waals surface area contributed by atoms with Gasteiger partial charge in [0, 0.05) is 30.2 Å². The molecule has 20 heavy (non-hydrogen) atoms. The maximum atomic E-state index is 13.7. The molecule has 1 N–H and O–H groups in total. The lowest BCUT2D eigenvalue weighted by Gasteiger charge is -2.23. The van der Waals surface area contributed by atoms with Gasteiger partial charge in [-0.25, -0.2) is 9.37 Å². The molecular formula is C13H15FN4O2. The van der Waals surface area contributed by atoms with Crippen LogP contribution < -0.4 is 4.90 Å². The molecule has 0 aromatic carbocycles. The summed E-state index contributed by atoms with van der Waals surface area (Å²) in [5.41, 5.74) is 0.703. The van der Waals surface area contributed by atoms with Crippen molar-refractivity contribution in [3.63, 3.8) is 0 Å². The van der Waals surface area contributed by atoms with Gasteiger partial charge in [0.15, 0.2) is 0 Å². The van der Waals surface area contributed by atoms with E-state index in [2.05, 4.69) is 19.7 Å². The van der Waals surface area contributed by atoms with Crippen LogP contribution in [0.3, 0.4) is 0 Å². The third kappa shape index (κ3) is 2.31. The van der Waals surface area contributed by atoms with E-state index in [1.54, 1.807) is 17.3 Å². The maximum Gasteiger partial charge on any atom is 0.307 e. The molecule has 2 atom stereocenters. The molecule has 0 amide bonds. The van der Waals surface area contributed by atoms with E-state index in [4.69, 9.17) is 0 Å². The topological polar surface area (TPSA) is 71.1 Å². The van der Waals surface area contributed by atoms with Crippen LogP contribution >= 0.6 is 0 Å². The number of halogens is 1. The Hall–Kier alpha value is -2.18. The molecule has 1 saturated heterocycles. The molecule has 7 heteroatoms. The van der Waals surface area contributed by atoms with Crippen molar-refractivity contribution in [2.24, 2.45) is 0 Å². The van der Waals surface area contributed by atoms with Gasteiger partial charge in [0.05, 0.1) is 20.1 Å². The molecule has 0 unspecified atom stereocenters. The molecule has 3 heterocycles. The highest BCUT2D eigenvalue weighted by atomic mass is 19.1. The number of anilines is 1. The van der Waals surface area contributed by atoms with Gasteiger partial charge < -0.3 is 14.6 Å². The van der Waals surface area contributed by atoms with Crippen molar-refractivity contribution in [2.45, 2.75) is 25.1 Å². The fourth-order valence-corrected chi connectivity index (χ4v) is 2.54. The van der Waals surface area contributed by atoms with E-state index in [0.717, 1.165) is 5.39 Å². The number of carbonyl (C=O) groups is 1. The molecule has 0 aliphatic carbocycles. The first-order valence-electron chi connectivity index (χ1n) is 6.45. The third-order valence-electron chi connectivity index (χ3n) is 3.54. The molecule has 6 nitrogen and oxygen atoms in total. The van der Waals surface area contributed by atoms with Crippen LogP contribution in [0.2, 0.25) is 0 Å². The number of fused-ring (bicyclic) bond motifs is 1. The summed E-state index contributed by atoms with van der Waals surface area (Å²) in [7, 11) is 1.33. The Labute approximate surface area is 115 Å². The van der Waals surface area contributed by atoms with E-state index < -0.39 is 6.17 Å². The number of methoxy groups -OCH3 is 1. The van der Waals surface area contributed by atoms with Gasteiger partial charge in [0.2, 0.25) is 5.95 Å². The summed E-state index contributed by atoms with van der Waals surface area (Å²) < 4.78 is 18.3. The largest absolute Gasteiger partial charge is 0.469 e. The zero-order valence-corrected chi connectivity index (χ0v) is 11.0. The lowest BCUT2D eigenvalue weighted by atomic mass is 10.1. The molecule has 0 radical (unpaired) electrons. The highest BCUT2D eigenvalue weighted by Crippen LogP contribution is 2.27. The first kappa shape index (κ1) is 12.8. The lowest BCUT2D eigenvalue weighted by Crippen LogP contribution is -2.33. The van der Waals surface area contributed by atoms with Crippen LogP contribution in [0, 0.1) is 0 Å². The van der Waals surface area contributed by atoms with Crippen LogP contribution in [-0.2, 0) is 9.53 Å². The van der Waals surface area contributed by atoms with E-state index in [0.29, 0.717) is 18.0 Å². The summed E-state index contributed by atoms with van der Waals surface area (Å²) in [6.45, 7) is 0.202. The van der Waals surface area contributed by atoms with E-state index >= 15 is 0 Å². The second kappa shape index (κ2) is 5.07. The molecule has 1 aliphatic heterocycles. The molecule has 0 spiro atoms. The quantitative estimate of drug-likeness (QED) is 0.860. The number of aromatic amines is 1. The van der Waals surface area contributed by atoms with Gasteiger partial charge in [-0.3, -0.25) is 4.79 Å². The normalized spacial score (nSPS) is 22.4. The average Bonchev–Trinajstić information content (AvgIpc) is 3.04. The molecule has 106 valence electrons. The zero-order chi connectivity index (χ0) is 14.1. The molecular weight excluding hydrogens is 263 g/mol. The first-order valence-corrected chi connectivity index (χ1v) is 6.45. The number of H-pyrrole nitrogens is 1. The summed E-state index contributed by atoms with van der Waals surface area (Å²) >= 11 is 0. The second-order valence-electron chi connectivity index (χ2n) is 4.87. The monoisotopic (exact) mass is 278 g/mol. The Morgan fingerprint density at radius 2 is 2.50 bits per heavy atom.